The SMILES string of the molecule is CC(C(=O)N1CCCCC1)N1CCC(NS(=O)(=O)c2ccc(-c3ccon3)s2)C1=O. The molecule has 9 nitrogen and oxygen atoms in total. The van der Waals surface area contributed by atoms with E-state index < -0.39 is 22.1 Å². The summed E-state index contributed by atoms with van der Waals surface area (Å²) in [6.45, 7) is 3.50. The lowest BCUT2D eigenvalue weighted by molar-refractivity contribution is -0.143. The number of aromatic nitrogens is 1. The van der Waals surface area contributed by atoms with Gasteiger partial charge in [-0.3, -0.25) is 9.59 Å². The summed E-state index contributed by atoms with van der Waals surface area (Å²) in [7, 11) is -3.87. The van der Waals surface area contributed by atoms with Gasteiger partial charge in [0.05, 0.1) is 4.88 Å². The molecule has 2 aromatic heterocycles. The van der Waals surface area contributed by atoms with Crippen molar-refractivity contribution in [1.29, 1.82) is 0 Å². The van der Waals surface area contributed by atoms with Crippen molar-refractivity contribution in [3.05, 3.63) is 24.5 Å². The smallest absolute Gasteiger partial charge is 0.250 e. The maximum atomic E-state index is 12.8. The molecular weight excluding hydrogens is 428 g/mol. The zero-order valence-corrected chi connectivity index (χ0v) is 18.2. The number of amides is 2. The molecule has 0 aliphatic carbocycles. The quantitative estimate of drug-likeness (QED) is 0.714. The Hall–Kier alpha value is -2.24. The number of thiophene rings is 1. The topological polar surface area (TPSA) is 113 Å². The van der Waals surface area contributed by atoms with Crippen molar-refractivity contribution in [2.24, 2.45) is 0 Å². The Morgan fingerprint density at radius 1 is 1.23 bits per heavy atom. The third kappa shape index (κ3) is 4.14. The van der Waals surface area contributed by atoms with Crippen LogP contribution in [0.2, 0.25) is 0 Å². The minimum Gasteiger partial charge on any atom is -0.364 e. The van der Waals surface area contributed by atoms with Crippen molar-refractivity contribution in [2.75, 3.05) is 19.6 Å². The lowest BCUT2D eigenvalue weighted by Crippen LogP contribution is -2.51. The molecule has 162 valence electrons. The van der Waals surface area contributed by atoms with Crippen LogP contribution in [-0.4, -0.2) is 66.9 Å². The van der Waals surface area contributed by atoms with Crippen LogP contribution in [0, 0.1) is 0 Å². The summed E-state index contributed by atoms with van der Waals surface area (Å²) < 4.78 is 33.0. The maximum absolute atomic E-state index is 12.8. The molecule has 0 bridgehead atoms. The molecule has 2 unspecified atom stereocenters. The molecule has 30 heavy (non-hydrogen) atoms. The molecule has 11 heteroatoms. The van der Waals surface area contributed by atoms with Gasteiger partial charge in [0, 0.05) is 25.7 Å². The summed E-state index contributed by atoms with van der Waals surface area (Å²) in [5.41, 5.74) is 0.551. The van der Waals surface area contributed by atoms with Crippen LogP contribution in [0.5, 0.6) is 0 Å². The number of hydrogen-bond donors (Lipinski definition) is 1. The lowest BCUT2D eigenvalue weighted by Gasteiger charge is -2.32. The fraction of sp³-hybridized carbons (Fsp3) is 0.526. The maximum Gasteiger partial charge on any atom is 0.250 e. The fourth-order valence-electron chi connectivity index (χ4n) is 3.89. The van der Waals surface area contributed by atoms with Crippen LogP contribution in [0.15, 0.2) is 33.2 Å². The molecule has 2 fully saturated rings. The zero-order chi connectivity index (χ0) is 21.3. The number of nitrogens with one attached hydrogen (secondary N) is 1. The summed E-state index contributed by atoms with van der Waals surface area (Å²) in [5.74, 6) is -0.424. The molecule has 2 aromatic rings. The van der Waals surface area contributed by atoms with Crippen LogP contribution in [0.1, 0.15) is 32.6 Å². The van der Waals surface area contributed by atoms with Crippen LogP contribution in [0.3, 0.4) is 0 Å². The number of likely N-dealkylation sites (tertiary alicyclic amines) is 2. The minimum atomic E-state index is -3.87. The summed E-state index contributed by atoms with van der Waals surface area (Å²) in [6.07, 6.45) is 4.82. The summed E-state index contributed by atoms with van der Waals surface area (Å²) in [4.78, 5) is 29.5. The average molecular weight is 453 g/mol. The molecule has 0 saturated carbocycles. The van der Waals surface area contributed by atoms with E-state index in [0.717, 1.165) is 30.6 Å². The first-order valence-electron chi connectivity index (χ1n) is 9.99. The molecule has 1 N–H and O–H groups in total. The van der Waals surface area contributed by atoms with Gasteiger partial charge in [-0.2, -0.15) is 4.72 Å². The summed E-state index contributed by atoms with van der Waals surface area (Å²) in [6, 6.07) is 3.32. The summed E-state index contributed by atoms with van der Waals surface area (Å²) >= 11 is 1.05. The molecule has 4 rings (SSSR count). The molecule has 4 heterocycles. The second-order valence-corrected chi connectivity index (χ2v) is 10.6. The number of nitrogens with zero attached hydrogens (tertiary/aromatic N) is 3. The lowest BCUT2D eigenvalue weighted by atomic mass is 10.1. The van der Waals surface area contributed by atoms with Crippen LogP contribution in [-0.2, 0) is 19.6 Å². The first-order valence-corrected chi connectivity index (χ1v) is 12.3. The van der Waals surface area contributed by atoms with Crippen LogP contribution < -0.4 is 4.72 Å². The van der Waals surface area contributed by atoms with E-state index in [9.17, 15) is 18.0 Å². The van der Waals surface area contributed by atoms with Crippen molar-refractivity contribution in [3.8, 4) is 10.6 Å². The molecule has 2 amide bonds. The van der Waals surface area contributed by atoms with Gasteiger partial charge in [0.15, 0.2) is 0 Å². The van der Waals surface area contributed by atoms with Gasteiger partial charge in [0.1, 0.15) is 28.2 Å². The van der Waals surface area contributed by atoms with E-state index in [1.807, 2.05) is 0 Å². The van der Waals surface area contributed by atoms with Crippen molar-refractivity contribution in [1.82, 2.24) is 19.7 Å². The van der Waals surface area contributed by atoms with Gasteiger partial charge in [-0.25, -0.2) is 8.42 Å². The second-order valence-electron chi connectivity index (χ2n) is 7.56. The largest absolute Gasteiger partial charge is 0.364 e. The third-order valence-corrected chi connectivity index (χ3v) is 8.64. The Kier molecular flexibility index (Phi) is 5.94. The zero-order valence-electron chi connectivity index (χ0n) is 16.6. The molecule has 2 aliphatic rings. The molecule has 2 aliphatic heterocycles. The highest BCUT2D eigenvalue weighted by Crippen LogP contribution is 2.30. The number of hydrogen-bond acceptors (Lipinski definition) is 7. The monoisotopic (exact) mass is 452 g/mol. The van der Waals surface area contributed by atoms with Crippen molar-refractivity contribution in [3.63, 3.8) is 0 Å². The highest BCUT2D eigenvalue weighted by molar-refractivity contribution is 7.91. The first-order chi connectivity index (χ1) is 14.4. The van der Waals surface area contributed by atoms with Gasteiger partial charge in [0.2, 0.25) is 11.8 Å². The number of rotatable bonds is 6. The fourth-order valence-corrected chi connectivity index (χ4v) is 6.40. The van der Waals surface area contributed by atoms with Crippen LogP contribution in [0.25, 0.3) is 10.6 Å². The van der Waals surface area contributed by atoms with Crippen molar-refractivity contribution in [2.45, 2.75) is 48.9 Å². The molecule has 0 spiro atoms. The molecule has 2 saturated heterocycles. The van der Waals surface area contributed by atoms with E-state index in [0.29, 0.717) is 36.6 Å². The van der Waals surface area contributed by atoms with Gasteiger partial charge in [0.25, 0.3) is 10.0 Å². The van der Waals surface area contributed by atoms with E-state index in [-0.39, 0.29) is 16.0 Å². The number of carbonyl (C=O) groups is 2. The Morgan fingerprint density at radius 3 is 2.70 bits per heavy atom. The molecule has 2 atom stereocenters. The van der Waals surface area contributed by atoms with Crippen molar-refractivity contribution < 1.29 is 22.5 Å². The second kappa shape index (κ2) is 8.48. The van der Waals surface area contributed by atoms with Gasteiger partial charge in [-0.05, 0) is 44.7 Å². The predicted octanol–water partition coefficient (Wildman–Crippen LogP) is 1.68. The Bertz CT molecular complexity index is 1010. The Balaban J connectivity index is 1.41. The predicted molar refractivity (Wildman–Crippen MR) is 110 cm³/mol. The summed E-state index contributed by atoms with van der Waals surface area (Å²) in [5, 5.41) is 3.81. The molecular formula is C19H24N4O5S2. The number of carbonyl (C=O) groups excluding carboxylic acids is 2. The average Bonchev–Trinajstić information content (AvgIpc) is 3.49. The van der Waals surface area contributed by atoms with E-state index >= 15 is 0 Å². The van der Waals surface area contributed by atoms with Gasteiger partial charge < -0.3 is 14.3 Å². The normalized spacial score (nSPS) is 21.2. The van der Waals surface area contributed by atoms with Crippen LogP contribution in [0.4, 0.5) is 0 Å². The Morgan fingerprint density at radius 2 is 2.00 bits per heavy atom. The van der Waals surface area contributed by atoms with E-state index in [1.54, 1.807) is 24.0 Å². The number of piperidine rings is 1. The first kappa shape index (κ1) is 21.0. The van der Waals surface area contributed by atoms with E-state index in [2.05, 4.69) is 9.88 Å². The van der Waals surface area contributed by atoms with Gasteiger partial charge in [-0.15, -0.1) is 11.3 Å². The highest BCUT2D eigenvalue weighted by atomic mass is 32.2. The standard InChI is InChI=1S/C19H24N4O5S2/c1-13(18(24)22-9-3-2-4-10-22)23-11-7-15(19(23)25)21-30(26,27)17-6-5-16(29-17)14-8-12-28-20-14/h5-6,8,12-13,15,21H,2-4,7,9-11H2,1H3. The molecule has 0 aromatic carbocycles. The van der Waals surface area contributed by atoms with Crippen LogP contribution >= 0.6 is 11.3 Å². The number of sulfonamides is 1. The van der Waals surface area contributed by atoms with Crippen molar-refractivity contribution >= 4 is 33.2 Å². The molecule has 0 radical (unpaired) electrons. The van der Waals surface area contributed by atoms with Gasteiger partial charge in [-0.1, -0.05) is 5.16 Å². The van der Waals surface area contributed by atoms with Gasteiger partial charge >= 0.3 is 0 Å². The highest BCUT2D eigenvalue weighted by Gasteiger charge is 2.40. The van der Waals surface area contributed by atoms with E-state index in [1.165, 1.54) is 17.2 Å². The van der Waals surface area contributed by atoms with E-state index in [4.69, 9.17) is 4.52 Å². The minimum absolute atomic E-state index is 0.0675. The third-order valence-electron chi connectivity index (χ3n) is 5.57. The Labute approximate surface area is 179 Å².